The van der Waals surface area contributed by atoms with Crippen LogP contribution >= 0.6 is 0 Å². The molecule has 1 unspecified atom stereocenters. The van der Waals surface area contributed by atoms with Crippen molar-refractivity contribution < 1.29 is 27.1 Å². The Balaban J connectivity index is -0.000000249. The first-order chi connectivity index (χ1) is 8.76. The highest BCUT2D eigenvalue weighted by Gasteiger charge is 2.24. The summed E-state index contributed by atoms with van der Waals surface area (Å²) >= 11 is 0. The molecule has 0 saturated carbocycles. The molecule has 0 rings (SSSR count). The molecule has 0 heterocycles. The van der Waals surface area contributed by atoms with Crippen LogP contribution in [0.2, 0.25) is 0 Å². The highest BCUT2D eigenvalue weighted by Crippen LogP contribution is 2.20. The zero-order chi connectivity index (χ0) is 15.9. The highest BCUT2D eigenvalue weighted by atomic mass is 19.4. The quantitative estimate of drug-likeness (QED) is 0.531. The Morgan fingerprint density at radius 2 is 1.79 bits per heavy atom. The normalized spacial score (nSPS) is 11.4. The van der Waals surface area contributed by atoms with Crippen molar-refractivity contribution in [2.75, 3.05) is 13.8 Å². The van der Waals surface area contributed by atoms with Crippen LogP contribution in [0.25, 0.3) is 0 Å². The van der Waals surface area contributed by atoms with Crippen LogP contribution in [0.4, 0.5) is 17.6 Å². The fourth-order valence-electron chi connectivity index (χ4n) is 0.685. The molecule has 0 aromatic heterocycles. The van der Waals surface area contributed by atoms with Gasteiger partial charge < -0.3 is 4.74 Å². The summed E-state index contributed by atoms with van der Waals surface area (Å²) in [4.78, 5) is 10.6. The molecule has 0 radical (unpaired) electrons. The molecule has 0 aromatic carbocycles. The van der Waals surface area contributed by atoms with Gasteiger partial charge in [0, 0.05) is 6.42 Å². The molecule has 0 amide bonds. The first-order valence-corrected chi connectivity index (χ1v) is 5.98. The summed E-state index contributed by atoms with van der Waals surface area (Å²) in [5, 5.41) is 0. The Morgan fingerprint density at radius 1 is 1.32 bits per heavy atom. The Morgan fingerprint density at radius 3 is 2.00 bits per heavy atom. The predicted molar refractivity (Wildman–Crippen MR) is 68.9 cm³/mol. The van der Waals surface area contributed by atoms with Crippen LogP contribution < -0.4 is 0 Å². The van der Waals surface area contributed by atoms with E-state index < -0.39 is 12.6 Å². The fraction of sp³-hybridized carbons (Fsp3) is 0.769. The highest BCUT2D eigenvalue weighted by molar-refractivity contribution is 5.90. The lowest BCUT2D eigenvalue weighted by Gasteiger charge is -2.07. The van der Waals surface area contributed by atoms with E-state index in [0.717, 1.165) is 6.42 Å². The topological polar surface area (TPSA) is 26.3 Å². The molecule has 0 spiro atoms. The smallest absolute Gasteiger partial charge is 0.370 e. The van der Waals surface area contributed by atoms with Gasteiger partial charge in [-0.3, -0.25) is 9.18 Å². The van der Waals surface area contributed by atoms with E-state index in [2.05, 4.69) is 6.58 Å². The first kappa shape index (κ1) is 23.2. The second-order valence-corrected chi connectivity index (χ2v) is 3.57. The summed E-state index contributed by atoms with van der Waals surface area (Å²) in [6.07, 6.45) is -2.04. The Kier molecular flexibility index (Phi) is 18.5. The van der Waals surface area contributed by atoms with E-state index in [1.807, 2.05) is 13.8 Å². The first-order valence-electron chi connectivity index (χ1n) is 5.98. The number of alkyl halides is 4. The van der Waals surface area contributed by atoms with Gasteiger partial charge in [-0.25, -0.2) is 0 Å². The minimum absolute atomic E-state index is 0.0553. The maximum absolute atomic E-state index is 11.1. The van der Waals surface area contributed by atoms with Crippen molar-refractivity contribution in [1.82, 2.24) is 0 Å². The summed E-state index contributed by atoms with van der Waals surface area (Å²) < 4.78 is 47.8. The monoisotopic (exact) mass is 288 g/mol. The molecule has 2 nitrogen and oxygen atoms in total. The minimum Gasteiger partial charge on any atom is -0.370 e. The van der Waals surface area contributed by atoms with Crippen molar-refractivity contribution in [3.63, 3.8) is 0 Å². The molecule has 0 aliphatic heterocycles. The molecule has 0 fully saturated rings. The minimum atomic E-state index is -3.95. The summed E-state index contributed by atoms with van der Waals surface area (Å²) in [6, 6.07) is 0. The summed E-state index contributed by atoms with van der Waals surface area (Å²) in [5.74, 6) is -0.0553. The van der Waals surface area contributed by atoms with Crippen LogP contribution in [0.15, 0.2) is 12.7 Å². The molecule has 0 aromatic rings. The zero-order valence-electron chi connectivity index (χ0n) is 12.0. The zero-order valence-corrected chi connectivity index (χ0v) is 12.0. The predicted octanol–water partition coefficient (Wildman–Crippen LogP) is 4.49. The lowest BCUT2D eigenvalue weighted by molar-refractivity contribution is -0.134. The molecular formula is C13H24F4O2. The van der Waals surface area contributed by atoms with Gasteiger partial charge in [-0.15, -0.1) is 0 Å². The molecule has 0 saturated heterocycles. The van der Waals surface area contributed by atoms with Crippen LogP contribution in [-0.4, -0.2) is 31.8 Å². The molecule has 0 N–H and O–H groups in total. The second-order valence-electron chi connectivity index (χ2n) is 3.57. The fourth-order valence-corrected chi connectivity index (χ4v) is 0.685. The number of ketones is 1. The molecule has 0 bridgehead atoms. The van der Waals surface area contributed by atoms with Gasteiger partial charge >= 0.3 is 6.18 Å². The number of carbonyl (C=O) groups is 1. The maximum Gasteiger partial charge on any atom is 0.389 e. The number of carbonyl (C=O) groups excluding carboxylic acids is 1. The van der Waals surface area contributed by atoms with E-state index in [9.17, 15) is 22.4 Å². The van der Waals surface area contributed by atoms with E-state index in [-0.39, 0.29) is 24.9 Å². The van der Waals surface area contributed by atoms with Gasteiger partial charge in [-0.2, -0.15) is 13.2 Å². The van der Waals surface area contributed by atoms with Crippen LogP contribution in [0.3, 0.4) is 0 Å². The third-order valence-electron chi connectivity index (χ3n) is 1.85. The third kappa shape index (κ3) is 26.6. The number of ether oxygens (including phenoxy) is 1. The molecule has 19 heavy (non-hydrogen) atoms. The van der Waals surface area contributed by atoms with Crippen molar-refractivity contribution in [2.45, 2.75) is 52.3 Å². The van der Waals surface area contributed by atoms with Crippen molar-refractivity contribution >= 4 is 5.78 Å². The molecular weight excluding hydrogens is 264 g/mol. The standard InChI is InChI=1S/C8H14O2.C4H7F3.CH3F/c1-4-7(3)10-6-8(9)5-2;1-2-3-4(5,6)7;1-2/h5,7H,2,4,6H2,1,3H3;2-3H2,1H3;1H3. The van der Waals surface area contributed by atoms with E-state index in [4.69, 9.17) is 4.74 Å². The third-order valence-corrected chi connectivity index (χ3v) is 1.85. The Bertz CT molecular complexity index is 215. The van der Waals surface area contributed by atoms with Crippen molar-refractivity contribution in [3.8, 4) is 0 Å². The molecule has 0 aliphatic rings. The number of hydrogen-bond acceptors (Lipinski definition) is 2. The molecule has 0 aliphatic carbocycles. The van der Waals surface area contributed by atoms with Gasteiger partial charge in [0.25, 0.3) is 0 Å². The Hall–Kier alpha value is -0.910. The van der Waals surface area contributed by atoms with Crippen LogP contribution in [0.5, 0.6) is 0 Å². The average Bonchev–Trinajstić information content (AvgIpc) is 2.37. The van der Waals surface area contributed by atoms with Gasteiger partial charge in [-0.1, -0.05) is 20.4 Å². The van der Waals surface area contributed by atoms with E-state index in [0.29, 0.717) is 7.18 Å². The van der Waals surface area contributed by atoms with Gasteiger partial charge in [0.15, 0.2) is 5.78 Å². The summed E-state index contributed by atoms with van der Waals surface area (Å²) in [6.45, 7) is 8.97. The average molecular weight is 288 g/mol. The van der Waals surface area contributed by atoms with Crippen molar-refractivity contribution in [2.24, 2.45) is 0 Å². The molecule has 116 valence electrons. The van der Waals surface area contributed by atoms with Crippen LogP contribution in [0.1, 0.15) is 40.0 Å². The van der Waals surface area contributed by atoms with Gasteiger partial charge in [-0.05, 0) is 25.8 Å². The lowest BCUT2D eigenvalue weighted by atomic mass is 10.3. The van der Waals surface area contributed by atoms with Crippen LogP contribution in [0, 0.1) is 0 Å². The Labute approximate surface area is 112 Å². The molecule has 6 heteroatoms. The number of halogens is 4. The summed E-state index contributed by atoms with van der Waals surface area (Å²) in [7, 11) is 0.500. The SMILES string of the molecule is C=CC(=O)COC(C)CC.CCCC(F)(F)F.CF. The maximum atomic E-state index is 11.1. The van der Waals surface area contributed by atoms with E-state index in [1.165, 1.54) is 13.0 Å². The van der Waals surface area contributed by atoms with Gasteiger partial charge in [0.05, 0.1) is 13.3 Å². The number of rotatable bonds is 6. The van der Waals surface area contributed by atoms with Crippen LogP contribution in [-0.2, 0) is 9.53 Å². The second kappa shape index (κ2) is 15.1. The van der Waals surface area contributed by atoms with Gasteiger partial charge in [0.2, 0.25) is 0 Å². The largest absolute Gasteiger partial charge is 0.389 e. The van der Waals surface area contributed by atoms with Gasteiger partial charge in [0.1, 0.15) is 6.61 Å². The lowest BCUT2D eigenvalue weighted by Crippen LogP contribution is -2.12. The van der Waals surface area contributed by atoms with Crippen molar-refractivity contribution in [3.05, 3.63) is 12.7 Å². The number of hydrogen-bond donors (Lipinski definition) is 0. The van der Waals surface area contributed by atoms with E-state index in [1.54, 1.807) is 0 Å². The molecule has 1 atom stereocenters. The summed E-state index contributed by atoms with van der Waals surface area (Å²) in [5.41, 5.74) is 0. The van der Waals surface area contributed by atoms with E-state index >= 15 is 0 Å². The van der Waals surface area contributed by atoms with Crippen molar-refractivity contribution in [1.29, 1.82) is 0 Å².